The number of imide groups is 1. The highest BCUT2D eigenvalue weighted by Crippen LogP contribution is 2.36. The molecule has 1 fully saturated rings. The van der Waals surface area contributed by atoms with Gasteiger partial charge in [-0.2, -0.15) is 13.2 Å². The van der Waals surface area contributed by atoms with Crippen LogP contribution < -0.4 is 10.1 Å². The van der Waals surface area contributed by atoms with E-state index in [4.69, 9.17) is 4.74 Å². The predicted molar refractivity (Wildman–Crippen MR) is 111 cm³/mol. The van der Waals surface area contributed by atoms with Crippen LogP contribution in [0.1, 0.15) is 10.4 Å². The van der Waals surface area contributed by atoms with Gasteiger partial charge < -0.3 is 10.1 Å². The van der Waals surface area contributed by atoms with E-state index in [1.807, 2.05) is 0 Å². The van der Waals surface area contributed by atoms with Crippen molar-refractivity contribution in [3.8, 4) is 5.75 Å². The second kappa shape index (κ2) is 8.82. The van der Waals surface area contributed by atoms with E-state index >= 15 is 0 Å². The Hall–Kier alpha value is -2.31. The van der Waals surface area contributed by atoms with Crippen LogP contribution in [0.3, 0.4) is 0 Å². The van der Waals surface area contributed by atoms with Crippen molar-refractivity contribution >= 4 is 67.8 Å². The lowest BCUT2D eigenvalue weighted by molar-refractivity contribution is -0.137. The number of carbonyl (C=O) groups excluding carboxylic acids is 3. The fourth-order valence-electron chi connectivity index (χ4n) is 2.49. The first-order valence-corrected chi connectivity index (χ1v) is 10.6. The molecule has 1 aromatic carbocycles. The standard InChI is InChI=1S/C18H12BrF3N2O4S2/c1-28-12-4-2-9(18(20,21)22)6-11(12)23-15(25)8-24-16(26)13(30-17(24)27)7-10-3-5-14(19)29-10/h2-7H,8H2,1H3,(H,23,25)/b13-7-. The quantitative estimate of drug-likeness (QED) is 0.547. The predicted octanol–water partition coefficient (Wildman–Crippen LogP) is 5.21. The van der Waals surface area contributed by atoms with Crippen LogP contribution in [0.2, 0.25) is 0 Å². The number of ether oxygens (including phenoxy) is 1. The van der Waals surface area contributed by atoms with Crippen LogP contribution in [-0.4, -0.2) is 35.6 Å². The average molecular weight is 521 g/mol. The highest BCUT2D eigenvalue weighted by atomic mass is 79.9. The van der Waals surface area contributed by atoms with Crippen molar-refractivity contribution < 1.29 is 32.3 Å². The molecule has 2 heterocycles. The molecule has 0 atom stereocenters. The average Bonchev–Trinajstić information content (AvgIpc) is 3.19. The molecule has 0 spiro atoms. The molecular weight excluding hydrogens is 509 g/mol. The SMILES string of the molecule is COc1ccc(C(F)(F)F)cc1NC(=O)CN1C(=O)S/C(=C\c2ccc(Br)s2)C1=O. The number of anilines is 1. The van der Waals surface area contributed by atoms with E-state index in [-0.39, 0.29) is 16.3 Å². The van der Waals surface area contributed by atoms with Gasteiger partial charge >= 0.3 is 6.18 Å². The van der Waals surface area contributed by atoms with E-state index in [1.54, 1.807) is 12.1 Å². The summed E-state index contributed by atoms with van der Waals surface area (Å²) in [5.41, 5.74) is -1.20. The highest BCUT2D eigenvalue weighted by molar-refractivity contribution is 9.11. The van der Waals surface area contributed by atoms with Crippen molar-refractivity contribution in [2.45, 2.75) is 6.18 Å². The topological polar surface area (TPSA) is 75.7 Å². The summed E-state index contributed by atoms with van der Waals surface area (Å²) in [7, 11) is 1.24. The van der Waals surface area contributed by atoms with E-state index < -0.39 is 35.3 Å². The molecule has 0 bridgehead atoms. The molecule has 30 heavy (non-hydrogen) atoms. The van der Waals surface area contributed by atoms with Gasteiger partial charge in [0.05, 0.1) is 27.1 Å². The summed E-state index contributed by atoms with van der Waals surface area (Å²) in [6, 6.07) is 6.16. The van der Waals surface area contributed by atoms with Crippen LogP contribution in [0.5, 0.6) is 5.75 Å². The molecule has 6 nitrogen and oxygen atoms in total. The van der Waals surface area contributed by atoms with E-state index in [0.717, 1.165) is 31.8 Å². The molecule has 1 N–H and O–H groups in total. The van der Waals surface area contributed by atoms with E-state index in [9.17, 15) is 27.6 Å². The minimum absolute atomic E-state index is 0.00802. The third-order valence-electron chi connectivity index (χ3n) is 3.84. The number of rotatable bonds is 5. The lowest BCUT2D eigenvalue weighted by Gasteiger charge is -2.16. The molecule has 158 valence electrons. The van der Waals surface area contributed by atoms with Gasteiger partial charge in [-0.25, -0.2) is 0 Å². The fraction of sp³-hybridized carbons (Fsp3) is 0.167. The van der Waals surface area contributed by atoms with Crippen molar-refractivity contribution in [3.05, 3.63) is 49.5 Å². The summed E-state index contributed by atoms with van der Waals surface area (Å²) in [6.07, 6.45) is -3.08. The number of thiophene rings is 1. The number of thioether (sulfide) groups is 1. The first kappa shape index (κ1) is 22.4. The highest BCUT2D eigenvalue weighted by Gasteiger charge is 2.37. The number of nitrogens with zero attached hydrogens (tertiary/aromatic N) is 1. The van der Waals surface area contributed by atoms with Crippen LogP contribution in [0, 0.1) is 0 Å². The minimum Gasteiger partial charge on any atom is -0.495 e. The van der Waals surface area contributed by atoms with E-state index in [2.05, 4.69) is 21.2 Å². The molecule has 0 unspecified atom stereocenters. The van der Waals surface area contributed by atoms with Crippen LogP contribution in [0.15, 0.2) is 39.0 Å². The lowest BCUT2D eigenvalue weighted by Crippen LogP contribution is -2.36. The first-order chi connectivity index (χ1) is 14.1. The van der Waals surface area contributed by atoms with Gasteiger partial charge in [0.15, 0.2) is 0 Å². The second-order valence-electron chi connectivity index (χ2n) is 5.87. The van der Waals surface area contributed by atoms with Gasteiger partial charge in [0, 0.05) is 4.88 Å². The summed E-state index contributed by atoms with van der Waals surface area (Å²) < 4.78 is 44.6. The van der Waals surface area contributed by atoms with Crippen LogP contribution in [-0.2, 0) is 15.8 Å². The Labute approximate surface area is 185 Å². The van der Waals surface area contributed by atoms with E-state index in [0.29, 0.717) is 11.8 Å². The molecule has 1 saturated heterocycles. The maximum absolute atomic E-state index is 12.9. The fourth-order valence-corrected chi connectivity index (χ4v) is 4.76. The first-order valence-electron chi connectivity index (χ1n) is 8.14. The lowest BCUT2D eigenvalue weighted by atomic mass is 10.1. The molecule has 1 aromatic heterocycles. The monoisotopic (exact) mass is 520 g/mol. The van der Waals surface area contributed by atoms with Crippen molar-refractivity contribution in [2.24, 2.45) is 0 Å². The van der Waals surface area contributed by atoms with Crippen molar-refractivity contribution in [1.29, 1.82) is 0 Å². The Kier molecular flexibility index (Phi) is 6.58. The summed E-state index contributed by atoms with van der Waals surface area (Å²) in [6.45, 7) is -0.643. The van der Waals surface area contributed by atoms with Crippen molar-refractivity contribution in [2.75, 3.05) is 19.0 Å². The third-order valence-corrected chi connectivity index (χ3v) is 6.32. The molecule has 1 aliphatic rings. The van der Waals surface area contributed by atoms with E-state index in [1.165, 1.54) is 24.5 Å². The number of amides is 3. The number of hydrogen-bond acceptors (Lipinski definition) is 6. The number of methoxy groups -OCH3 is 1. The van der Waals surface area contributed by atoms with Crippen molar-refractivity contribution in [3.63, 3.8) is 0 Å². The summed E-state index contributed by atoms with van der Waals surface area (Å²) in [4.78, 5) is 38.6. The largest absolute Gasteiger partial charge is 0.495 e. The maximum Gasteiger partial charge on any atom is 0.416 e. The molecule has 1 aliphatic heterocycles. The molecule has 0 saturated carbocycles. The van der Waals surface area contributed by atoms with Gasteiger partial charge in [-0.15, -0.1) is 11.3 Å². The normalized spacial score (nSPS) is 15.8. The smallest absolute Gasteiger partial charge is 0.416 e. The molecule has 12 heteroatoms. The molecule has 3 amide bonds. The zero-order chi connectivity index (χ0) is 22.1. The number of halogens is 4. The Morgan fingerprint density at radius 3 is 2.60 bits per heavy atom. The van der Waals surface area contributed by atoms with Crippen LogP contribution >= 0.6 is 39.0 Å². The van der Waals surface area contributed by atoms with Crippen LogP contribution in [0.25, 0.3) is 6.08 Å². The minimum atomic E-state index is -4.61. The Balaban J connectivity index is 1.74. The number of alkyl halides is 3. The van der Waals surface area contributed by atoms with Gasteiger partial charge in [0.25, 0.3) is 11.1 Å². The number of nitrogens with one attached hydrogen (secondary N) is 1. The molecule has 3 rings (SSSR count). The molecular formula is C18H12BrF3N2O4S2. The summed E-state index contributed by atoms with van der Waals surface area (Å²) >= 11 is 5.35. The number of carbonyl (C=O) groups is 3. The Bertz CT molecular complexity index is 1050. The molecule has 2 aromatic rings. The zero-order valence-electron chi connectivity index (χ0n) is 15.1. The Morgan fingerprint density at radius 2 is 2.00 bits per heavy atom. The van der Waals surface area contributed by atoms with Gasteiger partial charge in [-0.3, -0.25) is 19.3 Å². The number of benzene rings is 1. The third kappa shape index (κ3) is 5.05. The van der Waals surface area contributed by atoms with Gasteiger partial charge in [0.2, 0.25) is 5.91 Å². The molecule has 0 aliphatic carbocycles. The zero-order valence-corrected chi connectivity index (χ0v) is 18.3. The summed E-state index contributed by atoms with van der Waals surface area (Å²) in [5, 5.41) is 1.62. The van der Waals surface area contributed by atoms with Gasteiger partial charge in [-0.1, -0.05) is 0 Å². The van der Waals surface area contributed by atoms with Gasteiger partial charge in [0.1, 0.15) is 12.3 Å². The number of hydrogen-bond donors (Lipinski definition) is 1. The van der Waals surface area contributed by atoms with Crippen LogP contribution in [0.4, 0.5) is 23.7 Å². The maximum atomic E-state index is 12.9. The molecule has 0 radical (unpaired) electrons. The second-order valence-corrected chi connectivity index (χ2v) is 9.36. The van der Waals surface area contributed by atoms with Gasteiger partial charge in [-0.05, 0) is 64.1 Å². The summed E-state index contributed by atoms with van der Waals surface area (Å²) in [5.74, 6) is -1.48. The Morgan fingerprint density at radius 1 is 1.27 bits per heavy atom. The van der Waals surface area contributed by atoms with Crippen molar-refractivity contribution in [1.82, 2.24) is 4.90 Å².